The van der Waals surface area contributed by atoms with Crippen molar-refractivity contribution in [3.63, 3.8) is 0 Å². The monoisotopic (exact) mass is 1420 g/mol. The zero-order valence-electron chi connectivity index (χ0n) is 61.3. The third-order valence-electron chi connectivity index (χ3n) is 18.9. The molecule has 4 aliphatic rings. The van der Waals surface area contributed by atoms with Crippen molar-refractivity contribution in [1.82, 2.24) is 45.6 Å². The molecule has 13 rings (SSSR count). The summed E-state index contributed by atoms with van der Waals surface area (Å²) in [6.07, 6.45) is 11.2. The number of nitrogens with one attached hydrogen (secondary N) is 3. The van der Waals surface area contributed by atoms with Crippen molar-refractivity contribution in [1.29, 1.82) is 0 Å². The molecule has 0 saturated carbocycles. The minimum Gasteiger partial charge on any atom is -0.399 e. The van der Waals surface area contributed by atoms with Gasteiger partial charge in [0.15, 0.2) is 0 Å². The Morgan fingerprint density at radius 1 is 0.416 bits per heavy atom. The smallest absolute Gasteiger partial charge is 0.399 e. The number of amides is 6. The van der Waals surface area contributed by atoms with E-state index < -0.39 is 25.2 Å². The number of carbonyl (C=O) groups excluding carboxylic acids is 6. The fourth-order valence-corrected chi connectivity index (χ4v) is 12.5. The Bertz CT molecular complexity index is 4550. The molecule has 4 aliphatic heterocycles. The van der Waals surface area contributed by atoms with Crippen molar-refractivity contribution in [3.8, 4) is 33.4 Å². The number of benzene rings is 6. The van der Waals surface area contributed by atoms with Crippen LogP contribution in [-0.4, -0.2) is 123 Å². The van der Waals surface area contributed by atoms with Gasteiger partial charge >= 0.3 is 7.12 Å². The van der Waals surface area contributed by atoms with Crippen molar-refractivity contribution in [2.24, 2.45) is 0 Å². The SMILES string of the molecule is Cc1ccc(CNC(=O)c2cc(C(=O)N3CCCC3)cc(-c3ccc(B4OC(C)(C)C(C)(C)O4)cc3)c2)cn1.Cc1ccc(CNC(=O)c2cc(C(=O)N3CCCC3)cc(-c3ccc(Br)cc3)c2)cn1.[2H]C([2H])([2H])c1ccc(-c2cc(C(=O)NCc3ccc(C)nc3)cc(C(=O)N3CCCC3)c2)cc1. The largest absolute Gasteiger partial charge is 0.494 e. The Hall–Kier alpha value is -9.95. The standard InChI is InChI=1S/C31H36BN3O4.C26H27N3O2.C25H24BrN3O2/c1-21-8-9-22(19-33-21)20-34-28(36)25-16-24(17-26(18-25)29(37)35-14-6-7-15-35)23-10-12-27(13-11-23)32-38-30(2,3)31(4,5)39-32;1-18-5-9-21(10-6-18)22-13-23(15-24(14-22)26(31)29-11-3-4-12-29)25(30)28-17-20-8-7-19(2)27-16-20;1-17-4-5-18(15-27-17)16-28-24(30)21-12-20(19-6-8-23(26)9-7-19)13-22(14-21)25(31)29-10-2-3-11-29/h8-13,16-19H,6-7,14-15,20H2,1-5H3,(H,34,36);5-10,13-16H,3-4,11-12,17H2,1-2H3,(H,28,30);4-9,12-15H,2-3,10-11,16H2,1H3,(H,28,30)/i;1D3;. The van der Waals surface area contributed by atoms with Crippen LogP contribution in [0.5, 0.6) is 0 Å². The number of carbonyl (C=O) groups is 6. The van der Waals surface area contributed by atoms with Crippen LogP contribution in [0.15, 0.2) is 187 Å². The molecule has 4 fully saturated rings. The van der Waals surface area contributed by atoms with Crippen LogP contribution in [0.25, 0.3) is 33.4 Å². The lowest BCUT2D eigenvalue weighted by atomic mass is 9.78. The lowest BCUT2D eigenvalue weighted by Crippen LogP contribution is -2.41. The average Bonchev–Trinajstić information content (AvgIpc) is 1.41. The number of hydrogen-bond donors (Lipinski definition) is 3. The third kappa shape index (κ3) is 18.7. The summed E-state index contributed by atoms with van der Waals surface area (Å²) in [4.78, 5) is 97.0. The molecule has 0 unspecified atom stereocenters. The van der Waals surface area contributed by atoms with E-state index in [2.05, 4.69) is 46.8 Å². The van der Waals surface area contributed by atoms with E-state index in [9.17, 15) is 28.8 Å². The van der Waals surface area contributed by atoms with Gasteiger partial charge in [0.2, 0.25) is 0 Å². The van der Waals surface area contributed by atoms with Crippen molar-refractivity contribution in [2.45, 2.75) is 125 Å². The van der Waals surface area contributed by atoms with Gasteiger partial charge in [-0.3, -0.25) is 43.7 Å². The predicted octanol–water partition coefficient (Wildman–Crippen LogP) is 14.0. The summed E-state index contributed by atoms with van der Waals surface area (Å²) in [5, 5.41) is 8.82. The van der Waals surface area contributed by atoms with Crippen molar-refractivity contribution >= 4 is 64.0 Å². The number of nitrogens with zero attached hydrogens (tertiary/aromatic N) is 6. The number of aromatic nitrogens is 3. The van der Waals surface area contributed by atoms with Gasteiger partial charge in [-0.05, 0) is 234 Å². The summed E-state index contributed by atoms with van der Waals surface area (Å²) in [6, 6.07) is 49.8. The molecule has 4 saturated heterocycles. The lowest BCUT2D eigenvalue weighted by Gasteiger charge is -2.32. The van der Waals surface area contributed by atoms with Crippen molar-refractivity contribution in [3.05, 3.63) is 260 Å². The number of halogens is 1. The van der Waals surface area contributed by atoms with Crippen LogP contribution >= 0.6 is 15.9 Å². The van der Waals surface area contributed by atoms with Crippen LogP contribution in [0.2, 0.25) is 0 Å². The molecule has 0 atom stereocenters. The number of rotatable bonds is 16. The van der Waals surface area contributed by atoms with E-state index in [0.717, 1.165) is 136 Å². The summed E-state index contributed by atoms with van der Waals surface area (Å²) >= 11 is 3.46. The molecule has 19 heteroatoms. The van der Waals surface area contributed by atoms with Crippen LogP contribution in [0.3, 0.4) is 0 Å². The van der Waals surface area contributed by atoms with Gasteiger partial charge in [0, 0.05) is 137 Å². The highest BCUT2D eigenvalue weighted by atomic mass is 79.9. The summed E-state index contributed by atoms with van der Waals surface area (Å²) in [6.45, 7) is 17.2. The van der Waals surface area contributed by atoms with E-state index in [-0.39, 0.29) is 41.0 Å². The zero-order valence-corrected chi connectivity index (χ0v) is 59.9. The predicted molar refractivity (Wildman–Crippen MR) is 400 cm³/mol. The van der Waals surface area contributed by atoms with Gasteiger partial charge < -0.3 is 40.0 Å². The Labute approximate surface area is 605 Å². The van der Waals surface area contributed by atoms with Gasteiger partial charge in [0.25, 0.3) is 35.4 Å². The second-order valence-electron chi connectivity index (χ2n) is 27.2. The molecule has 0 radical (unpaired) electrons. The van der Waals surface area contributed by atoms with Gasteiger partial charge in [0.05, 0.1) is 11.2 Å². The lowest BCUT2D eigenvalue weighted by molar-refractivity contribution is 0.00578. The third-order valence-corrected chi connectivity index (χ3v) is 19.5. The first-order chi connectivity index (χ1) is 49.7. The Morgan fingerprint density at radius 2 is 0.713 bits per heavy atom. The molecule has 0 aliphatic carbocycles. The minimum absolute atomic E-state index is 0.0201. The molecular formula is C82H87BBrN9O8. The van der Waals surface area contributed by atoms with E-state index in [0.29, 0.717) is 71.7 Å². The van der Waals surface area contributed by atoms with Gasteiger partial charge in [0.1, 0.15) is 0 Å². The van der Waals surface area contributed by atoms with E-state index >= 15 is 0 Å². The van der Waals surface area contributed by atoms with Crippen LogP contribution in [0.4, 0.5) is 0 Å². The van der Waals surface area contributed by atoms with E-state index in [1.54, 1.807) is 78.1 Å². The fourth-order valence-electron chi connectivity index (χ4n) is 12.2. The second-order valence-corrected chi connectivity index (χ2v) is 28.1. The highest BCUT2D eigenvalue weighted by molar-refractivity contribution is 9.10. The van der Waals surface area contributed by atoms with Crippen LogP contribution in [-0.2, 0) is 28.9 Å². The van der Waals surface area contributed by atoms with Crippen LogP contribution < -0.4 is 21.4 Å². The first-order valence-electron chi connectivity index (χ1n) is 36.0. The molecule has 6 amide bonds. The maximum atomic E-state index is 13.3. The first-order valence-corrected chi connectivity index (χ1v) is 35.3. The van der Waals surface area contributed by atoms with E-state index in [1.807, 2.05) is 167 Å². The van der Waals surface area contributed by atoms with Gasteiger partial charge in [-0.2, -0.15) is 0 Å². The molecule has 518 valence electrons. The minimum atomic E-state index is -2.19. The molecule has 0 bridgehead atoms. The Morgan fingerprint density at radius 3 is 1.01 bits per heavy atom. The topological polar surface area (TPSA) is 205 Å². The van der Waals surface area contributed by atoms with Crippen molar-refractivity contribution in [2.75, 3.05) is 39.3 Å². The highest BCUT2D eigenvalue weighted by Crippen LogP contribution is 2.37. The van der Waals surface area contributed by atoms with E-state index in [4.69, 9.17) is 13.4 Å². The Kier molecular flexibility index (Phi) is 22.0. The molecule has 9 aromatic rings. The molecular weight excluding hydrogens is 1330 g/mol. The van der Waals surface area contributed by atoms with Crippen molar-refractivity contribution < 1.29 is 42.2 Å². The van der Waals surface area contributed by atoms with Crippen LogP contribution in [0.1, 0.15) is 172 Å². The summed E-state index contributed by atoms with van der Waals surface area (Å²) in [7, 11) is -0.454. The maximum absolute atomic E-state index is 13.3. The normalized spacial score (nSPS) is 15.6. The van der Waals surface area contributed by atoms with E-state index in [1.165, 1.54) is 0 Å². The quantitative estimate of drug-likeness (QED) is 0.0776. The van der Waals surface area contributed by atoms with Crippen LogP contribution in [0, 0.1) is 27.6 Å². The summed E-state index contributed by atoms with van der Waals surface area (Å²) in [5.74, 6) is -0.905. The number of aryl methyl sites for hydroxylation is 4. The maximum Gasteiger partial charge on any atom is 0.494 e. The number of likely N-dealkylation sites (tertiary alicyclic amines) is 3. The average molecular weight is 1420 g/mol. The molecule has 17 nitrogen and oxygen atoms in total. The summed E-state index contributed by atoms with van der Waals surface area (Å²) < 4.78 is 36.1. The highest BCUT2D eigenvalue weighted by Gasteiger charge is 2.51. The first kappa shape index (κ1) is 68.2. The van der Waals surface area contributed by atoms with Gasteiger partial charge in [-0.15, -0.1) is 0 Å². The zero-order chi connectivity index (χ0) is 73.9. The van der Waals surface area contributed by atoms with Gasteiger partial charge in [-0.25, -0.2) is 0 Å². The summed E-state index contributed by atoms with van der Waals surface area (Å²) in [5.41, 5.74) is 13.5. The molecule has 3 N–H and O–H groups in total. The molecule has 7 heterocycles. The Balaban J connectivity index is 0.000000157. The fraction of sp³-hybridized carbons (Fsp3) is 0.305. The molecule has 6 aromatic carbocycles. The number of hydrogen-bond acceptors (Lipinski definition) is 11. The second kappa shape index (κ2) is 32.6. The molecule has 3 aromatic heterocycles. The van der Waals surface area contributed by atoms with Gasteiger partial charge in [-0.1, -0.05) is 100 Å². The molecule has 0 spiro atoms. The molecule has 101 heavy (non-hydrogen) atoms. The number of pyridine rings is 3.